The third-order valence-corrected chi connectivity index (χ3v) is 0.890. The van der Waals surface area contributed by atoms with Crippen molar-refractivity contribution in [1.29, 1.82) is 21.0 Å². The fourth-order valence-electron chi connectivity index (χ4n) is 0.356. The number of nitriles is 4. The van der Waals surface area contributed by atoms with E-state index in [0.29, 0.717) is 0 Å². The van der Waals surface area contributed by atoms with Gasteiger partial charge < -0.3 is 0 Å². The van der Waals surface area contributed by atoms with E-state index in [4.69, 9.17) is 21.0 Å². The Bertz CT molecular complexity index is 212. The zero-order chi connectivity index (χ0) is 7.98. The molecule has 0 rings (SSSR count). The molecule has 0 aliphatic rings. The molecule has 0 amide bonds. The van der Waals surface area contributed by atoms with Crippen LogP contribution in [0.5, 0.6) is 0 Å². The van der Waals surface area contributed by atoms with E-state index in [1.165, 1.54) is 0 Å². The van der Waals surface area contributed by atoms with Crippen molar-refractivity contribution in [2.24, 2.45) is 0 Å². The number of hydrogen-bond acceptors (Lipinski definition) is 4. The van der Waals surface area contributed by atoms with Crippen molar-refractivity contribution in [3.63, 3.8) is 0 Å². The molecule has 0 aliphatic heterocycles. The molecule has 5 heteroatoms. The molecule has 10 heavy (non-hydrogen) atoms. The van der Waals surface area contributed by atoms with Crippen molar-refractivity contribution in [3.8, 4) is 24.1 Å². The molecule has 0 aromatic rings. The van der Waals surface area contributed by atoms with Crippen LogP contribution in [0.3, 0.4) is 0 Å². The highest BCUT2D eigenvalue weighted by atomic mass is 14.3. The lowest BCUT2D eigenvalue weighted by Gasteiger charge is -1.88. The van der Waals surface area contributed by atoms with Gasteiger partial charge in [-0.2, -0.15) is 10.5 Å². The Morgan fingerprint density at radius 1 is 0.900 bits per heavy atom. The van der Waals surface area contributed by atoms with E-state index in [1.54, 1.807) is 24.1 Å². The number of nitrogens with zero attached hydrogens (tertiary/aromatic N) is 4. The molecule has 0 spiro atoms. The van der Waals surface area contributed by atoms with Crippen LogP contribution in [0.2, 0.25) is 5.82 Å². The summed E-state index contributed by atoms with van der Waals surface area (Å²) in [4.78, 5) is 0. The largest absolute Gasteiger partial charge is 0.417 e. The molecule has 0 saturated carbocycles. The van der Waals surface area contributed by atoms with Crippen LogP contribution in [-0.2, 0) is 0 Å². The summed E-state index contributed by atoms with van der Waals surface area (Å²) in [7, 11) is 0. The summed E-state index contributed by atoms with van der Waals surface area (Å²) in [5.41, 5.74) is 0. The van der Waals surface area contributed by atoms with Crippen molar-refractivity contribution < 1.29 is 0 Å². The molecule has 0 atom stereocenters. The third-order valence-electron chi connectivity index (χ3n) is 0.890. The summed E-state index contributed by atoms with van der Waals surface area (Å²) in [6.07, 6.45) is 0. The average Bonchev–Trinajstić information content (AvgIpc) is 2.00. The maximum absolute atomic E-state index is 8.18. The summed E-state index contributed by atoms with van der Waals surface area (Å²) in [6, 6.07) is 3.10. The molecule has 0 radical (unpaired) electrons. The fourth-order valence-corrected chi connectivity index (χ4v) is 0.356. The lowest BCUT2D eigenvalue weighted by Crippen LogP contribution is -2.13. The van der Waals surface area contributed by atoms with E-state index in [0.717, 1.165) is 0 Å². The maximum Gasteiger partial charge on any atom is 0.417 e. The SMILES string of the molecule is N#CB(C#N)C(C#N)C#N. The molecule has 4 nitrogen and oxygen atoms in total. The Balaban J connectivity index is 4.40. The minimum atomic E-state index is -1.13. The average molecular weight is 128 g/mol. The maximum atomic E-state index is 8.18. The zero-order valence-electron chi connectivity index (χ0n) is 4.94. The van der Waals surface area contributed by atoms with Crippen LogP contribution in [0.25, 0.3) is 0 Å². The van der Waals surface area contributed by atoms with Crippen molar-refractivity contribution >= 4 is 6.71 Å². The lowest BCUT2D eigenvalue weighted by atomic mass is 9.44. The van der Waals surface area contributed by atoms with E-state index in [-0.39, 0.29) is 0 Å². The van der Waals surface area contributed by atoms with E-state index in [2.05, 4.69) is 0 Å². The van der Waals surface area contributed by atoms with Crippen LogP contribution in [0, 0.1) is 45.1 Å². The van der Waals surface area contributed by atoms with Gasteiger partial charge in [-0.05, 0) is 0 Å². The second-order valence-electron chi connectivity index (χ2n) is 1.47. The van der Waals surface area contributed by atoms with Gasteiger partial charge in [-0.15, -0.1) is 0 Å². The van der Waals surface area contributed by atoms with Crippen molar-refractivity contribution in [1.82, 2.24) is 0 Å². The van der Waals surface area contributed by atoms with Crippen LogP contribution in [0.4, 0.5) is 0 Å². The van der Waals surface area contributed by atoms with Crippen LogP contribution >= 0.6 is 0 Å². The lowest BCUT2D eigenvalue weighted by molar-refractivity contribution is 1.30. The zero-order valence-corrected chi connectivity index (χ0v) is 4.94. The van der Waals surface area contributed by atoms with Crippen molar-refractivity contribution in [2.45, 2.75) is 5.82 Å². The smallest absolute Gasteiger partial charge is 0.211 e. The molecule has 0 aromatic heterocycles. The number of hydrogen-bond donors (Lipinski definition) is 0. The molecule has 44 valence electrons. The monoisotopic (exact) mass is 128 g/mol. The van der Waals surface area contributed by atoms with Crippen molar-refractivity contribution in [2.75, 3.05) is 0 Å². The van der Waals surface area contributed by atoms with Gasteiger partial charge in [-0.25, -0.2) is 10.5 Å². The van der Waals surface area contributed by atoms with Gasteiger partial charge in [0.2, 0.25) is 0 Å². The molecule has 0 saturated heterocycles. The van der Waals surface area contributed by atoms with Gasteiger partial charge in [0, 0.05) is 11.9 Å². The highest BCUT2D eigenvalue weighted by molar-refractivity contribution is 6.76. The van der Waals surface area contributed by atoms with E-state index in [9.17, 15) is 0 Å². The fraction of sp³-hybridized carbons (Fsp3) is 0.200. The van der Waals surface area contributed by atoms with E-state index >= 15 is 0 Å². The Hall–Kier alpha value is -1.98. The Kier molecular flexibility index (Phi) is 3.18. The molecule has 0 N–H and O–H groups in total. The predicted octanol–water partition coefficient (Wildman–Crippen LogP) is 0.0241. The summed E-state index contributed by atoms with van der Waals surface area (Å²) in [5, 5.41) is 32.7. The normalized spacial score (nSPS) is 6.50. The van der Waals surface area contributed by atoms with Crippen LogP contribution in [0.15, 0.2) is 0 Å². The first-order chi connectivity index (χ1) is 4.79. The van der Waals surface area contributed by atoms with Crippen LogP contribution in [-0.4, -0.2) is 6.71 Å². The van der Waals surface area contributed by atoms with E-state index < -0.39 is 12.5 Å². The molecule has 0 unspecified atom stereocenters. The van der Waals surface area contributed by atoms with E-state index in [1.807, 2.05) is 0 Å². The topological polar surface area (TPSA) is 95.2 Å². The molecule has 0 fully saturated rings. The first-order valence-electron chi connectivity index (χ1n) is 2.38. The second kappa shape index (κ2) is 3.96. The van der Waals surface area contributed by atoms with Gasteiger partial charge in [0.05, 0.1) is 12.1 Å². The van der Waals surface area contributed by atoms with Crippen LogP contribution in [0.1, 0.15) is 0 Å². The Morgan fingerprint density at radius 2 is 1.30 bits per heavy atom. The van der Waals surface area contributed by atoms with Gasteiger partial charge >= 0.3 is 6.71 Å². The van der Waals surface area contributed by atoms with Gasteiger partial charge in [-0.3, -0.25) is 0 Å². The van der Waals surface area contributed by atoms with Gasteiger partial charge in [0.25, 0.3) is 0 Å². The second-order valence-corrected chi connectivity index (χ2v) is 1.47. The highest BCUT2D eigenvalue weighted by Gasteiger charge is 2.26. The summed E-state index contributed by atoms with van der Waals surface area (Å²) in [5.74, 6) is 1.97. The Labute approximate surface area is 58.6 Å². The highest BCUT2D eigenvalue weighted by Crippen LogP contribution is 2.04. The predicted molar refractivity (Wildman–Crippen MR) is 32.0 cm³/mol. The minimum Gasteiger partial charge on any atom is -0.211 e. The first kappa shape index (κ1) is 8.02. The number of rotatable bonds is 1. The summed E-state index contributed by atoms with van der Waals surface area (Å²) >= 11 is 0. The Morgan fingerprint density at radius 3 is 1.40 bits per heavy atom. The molecule has 0 heterocycles. The first-order valence-corrected chi connectivity index (χ1v) is 2.38. The standard InChI is InChI=1S/C5HBN4/c7-1-5(2-8)6(3-9)4-10/h5H. The summed E-state index contributed by atoms with van der Waals surface area (Å²) in [6.45, 7) is -1.13. The quantitative estimate of drug-likeness (QED) is 0.465. The minimum absolute atomic E-state index is 1.13. The van der Waals surface area contributed by atoms with Crippen molar-refractivity contribution in [3.05, 3.63) is 0 Å². The van der Waals surface area contributed by atoms with Crippen LogP contribution < -0.4 is 0 Å². The molecule has 0 aliphatic carbocycles. The van der Waals surface area contributed by atoms with Gasteiger partial charge in [0.15, 0.2) is 0 Å². The molecule has 0 aromatic carbocycles. The molecule has 0 bridgehead atoms. The molecular formula is C5HBN4. The van der Waals surface area contributed by atoms with Gasteiger partial charge in [-0.1, -0.05) is 0 Å². The van der Waals surface area contributed by atoms with Gasteiger partial charge in [0.1, 0.15) is 5.82 Å². The third kappa shape index (κ3) is 1.51. The molecular weight excluding hydrogens is 127 g/mol. The summed E-state index contributed by atoms with van der Waals surface area (Å²) < 4.78 is 0.